The second-order valence-corrected chi connectivity index (χ2v) is 7.45. The number of rotatable bonds is 7. The first-order valence-corrected chi connectivity index (χ1v) is 9.81. The molecule has 0 aromatic heterocycles. The summed E-state index contributed by atoms with van der Waals surface area (Å²) in [5, 5.41) is 14.5. The first-order valence-electron chi connectivity index (χ1n) is 9.81. The summed E-state index contributed by atoms with van der Waals surface area (Å²) in [5.74, 6) is -1.05. The first-order chi connectivity index (χ1) is 13.5. The summed E-state index contributed by atoms with van der Waals surface area (Å²) < 4.78 is 0. The van der Waals surface area contributed by atoms with Gasteiger partial charge in [-0.15, -0.1) is 0 Å². The van der Waals surface area contributed by atoms with E-state index in [4.69, 9.17) is 5.11 Å². The number of nitrogens with one attached hydrogen (secondary N) is 2. The molecule has 1 aromatic rings. The molecule has 1 saturated carbocycles. The Bertz CT molecular complexity index is 733. The second kappa shape index (κ2) is 9.05. The van der Waals surface area contributed by atoms with Crippen LogP contribution in [0.2, 0.25) is 0 Å². The molecule has 8 nitrogen and oxygen atoms in total. The van der Waals surface area contributed by atoms with Crippen molar-refractivity contribution in [1.82, 2.24) is 20.4 Å². The van der Waals surface area contributed by atoms with Gasteiger partial charge in [0, 0.05) is 25.2 Å². The van der Waals surface area contributed by atoms with Gasteiger partial charge in [0.1, 0.15) is 0 Å². The molecule has 3 amide bonds. The minimum atomic E-state index is -0.836. The fourth-order valence-electron chi connectivity index (χ4n) is 3.89. The zero-order chi connectivity index (χ0) is 20.1. The van der Waals surface area contributed by atoms with Crippen LogP contribution in [0.5, 0.6) is 0 Å². The Balaban J connectivity index is 1.36. The minimum Gasteiger partial charge on any atom is -0.480 e. The molecule has 1 fully saturated rings. The molecule has 152 valence electrons. The van der Waals surface area contributed by atoms with E-state index >= 15 is 0 Å². The van der Waals surface area contributed by atoms with Crippen molar-refractivity contribution < 1.29 is 19.5 Å². The topological polar surface area (TPSA) is 102 Å². The van der Waals surface area contributed by atoms with Crippen molar-refractivity contribution in [2.75, 3.05) is 26.2 Å². The molecular formula is C20H28N4O4. The predicted molar refractivity (Wildman–Crippen MR) is 104 cm³/mol. The van der Waals surface area contributed by atoms with Gasteiger partial charge in [-0.25, -0.2) is 4.79 Å². The number of carboxylic acids is 1. The van der Waals surface area contributed by atoms with Crippen molar-refractivity contribution in [3.8, 4) is 0 Å². The number of aliphatic carboxylic acids is 1. The highest BCUT2D eigenvalue weighted by molar-refractivity contribution is 5.84. The van der Waals surface area contributed by atoms with Crippen molar-refractivity contribution in [2.24, 2.45) is 0 Å². The van der Waals surface area contributed by atoms with Crippen LogP contribution in [0, 0.1) is 0 Å². The molecule has 28 heavy (non-hydrogen) atoms. The third kappa shape index (κ3) is 5.01. The molecule has 0 saturated heterocycles. The van der Waals surface area contributed by atoms with Crippen molar-refractivity contribution >= 4 is 17.9 Å². The van der Waals surface area contributed by atoms with Crippen LogP contribution in [-0.2, 0) is 22.6 Å². The summed E-state index contributed by atoms with van der Waals surface area (Å²) in [6.45, 7) is 3.78. The van der Waals surface area contributed by atoms with Crippen molar-refractivity contribution in [2.45, 2.75) is 44.8 Å². The maximum absolute atomic E-state index is 12.3. The maximum atomic E-state index is 12.3. The van der Waals surface area contributed by atoms with Crippen LogP contribution in [0.4, 0.5) is 4.79 Å². The largest absolute Gasteiger partial charge is 0.480 e. The quantitative estimate of drug-likeness (QED) is 0.642. The fraction of sp³-hybridized carbons (Fsp3) is 0.550. The van der Waals surface area contributed by atoms with E-state index in [1.54, 1.807) is 4.90 Å². The third-order valence-electron chi connectivity index (χ3n) is 5.56. The molecule has 1 heterocycles. The molecule has 1 aliphatic carbocycles. The Labute approximate surface area is 164 Å². The fourth-order valence-corrected chi connectivity index (χ4v) is 3.89. The highest BCUT2D eigenvalue weighted by atomic mass is 16.4. The lowest BCUT2D eigenvalue weighted by molar-refractivity contribution is -0.139. The minimum absolute atomic E-state index is 0.0247. The Morgan fingerprint density at radius 3 is 2.61 bits per heavy atom. The van der Waals surface area contributed by atoms with Gasteiger partial charge in [-0.05, 0) is 36.9 Å². The lowest BCUT2D eigenvalue weighted by atomic mass is 9.85. The van der Waals surface area contributed by atoms with E-state index < -0.39 is 5.97 Å². The van der Waals surface area contributed by atoms with E-state index in [-0.39, 0.29) is 37.1 Å². The first kappa shape index (κ1) is 20.1. The predicted octanol–water partition coefficient (Wildman–Crippen LogP) is 0.808. The SMILES string of the molecule is CCN(CC(=O)O)C1CC(NC(=O)CNC(=O)N2CCc3ccccc3C2)C1. The van der Waals surface area contributed by atoms with Gasteiger partial charge in [-0.2, -0.15) is 0 Å². The zero-order valence-corrected chi connectivity index (χ0v) is 16.2. The molecule has 8 heteroatoms. The maximum Gasteiger partial charge on any atom is 0.318 e. The van der Waals surface area contributed by atoms with Gasteiger partial charge in [-0.3, -0.25) is 14.5 Å². The van der Waals surface area contributed by atoms with E-state index in [1.165, 1.54) is 5.56 Å². The molecule has 0 spiro atoms. The summed E-state index contributed by atoms with van der Waals surface area (Å²) in [6.07, 6.45) is 2.30. The molecule has 3 rings (SSSR count). The molecule has 1 aliphatic heterocycles. The summed E-state index contributed by atoms with van der Waals surface area (Å²) in [4.78, 5) is 38.9. The van der Waals surface area contributed by atoms with E-state index in [2.05, 4.69) is 16.7 Å². The summed E-state index contributed by atoms with van der Waals surface area (Å²) in [6, 6.07) is 8.09. The van der Waals surface area contributed by atoms with E-state index in [1.807, 2.05) is 30.0 Å². The standard InChI is InChI=1S/C20H28N4O4/c1-2-23(13-19(26)27)17-9-16(10-17)22-18(25)11-21-20(28)24-8-7-14-5-3-4-6-15(14)12-24/h3-6,16-17H,2,7-13H2,1H3,(H,21,28)(H,22,25)(H,26,27). The highest BCUT2D eigenvalue weighted by Crippen LogP contribution is 2.25. The van der Waals surface area contributed by atoms with Crippen LogP contribution in [0.25, 0.3) is 0 Å². The summed E-state index contributed by atoms with van der Waals surface area (Å²) in [5.41, 5.74) is 2.42. The lowest BCUT2D eigenvalue weighted by Crippen LogP contribution is -2.56. The van der Waals surface area contributed by atoms with E-state index in [0.29, 0.717) is 19.6 Å². The molecular weight excluding hydrogens is 360 g/mol. The van der Waals surface area contributed by atoms with Gasteiger partial charge < -0.3 is 20.6 Å². The number of likely N-dealkylation sites (N-methyl/N-ethyl adjacent to an activating group) is 1. The van der Waals surface area contributed by atoms with Crippen LogP contribution >= 0.6 is 0 Å². The lowest BCUT2D eigenvalue weighted by Gasteiger charge is -2.42. The Hall–Kier alpha value is -2.61. The number of benzene rings is 1. The Morgan fingerprint density at radius 1 is 1.21 bits per heavy atom. The number of hydrogen-bond acceptors (Lipinski definition) is 4. The number of nitrogens with zero attached hydrogens (tertiary/aromatic N) is 2. The van der Waals surface area contributed by atoms with Gasteiger partial charge >= 0.3 is 12.0 Å². The molecule has 0 bridgehead atoms. The molecule has 3 N–H and O–H groups in total. The second-order valence-electron chi connectivity index (χ2n) is 7.45. The van der Waals surface area contributed by atoms with Crippen molar-refractivity contribution in [1.29, 1.82) is 0 Å². The van der Waals surface area contributed by atoms with Crippen molar-refractivity contribution in [3.63, 3.8) is 0 Å². The smallest absolute Gasteiger partial charge is 0.318 e. The summed E-state index contributed by atoms with van der Waals surface area (Å²) >= 11 is 0. The van der Waals surface area contributed by atoms with E-state index in [9.17, 15) is 14.4 Å². The highest BCUT2D eigenvalue weighted by Gasteiger charge is 2.34. The molecule has 0 atom stereocenters. The number of fused-ring (bicyclic) bond motifs is 1. The van der Waals surface area contributed by atoms with Gasteiger partial charge in [0.05, 0.1) is 13.1 Å². The number of carboxylic acid groups (broad SMARTS) is 1. The Kier molecular flexibility index (Phi) is 6.51. The summed E-state index contributed by atoms with van der Waals surface area (Å²) in [7, 11) is 0. The molecule has 2 aliphatic rings. The van der Waals surface area contributed by atoms with Crippen LogP contribution in [0.15, 0.2) is 24.3 Å². The number of hydrogen-bond donors (Lipinski definition) is 3. The molecule has 1 aromatic carbocycles. The zero-order valence-electron chi connectivity index (χ0n) is 16.2. The van der Waals surface area contributed by atoms with Crippen LogP contribution in [0.1, 0.15) is 30.9 Å². The normalized spacial score (nSPS) is 20.9. The number of amides is 3. The van der Waals surface area contributed by atoms with Crippen LogP contribution in [0.3, 0.4) is 0 Å². The molecule has 0 unspecified atom stereocenters. The Morgan fingerprint density at radius 2 is 1.93 bits per heavy atom. The third-order valence-corrected chi connectivity index (χ3v) is 5.56. The van der Waals surface area contributed by atoms with Crippen LogP contribution in [-0.4, -0.2) is 71.1 Å². The van der Waals surface area contributed by atoms with Crippen LogP contribution < -0.4 is 10.6 Å². The average Bonchev–Trinajstić information content (AvgIpc) is 2.66. The number of carbonyl (C=O) groups excluding carboxylic acids is 2. The monoisotopic (exact) mass is 388 g/mol. The average molecular weight is 388 g/mol. The molecule has 0 radical (unpaired) electrons. The van der Waals surface area contributed by atoms with Gasteiger partial charge in [0.15, 0.2) is 0 Å². The number of carbonyl (C=O) groups is 3. The van der Waals surface area contributed by atoms with Crippen molar-refractivity contribution in [3.05, 3.63) is 35.4 Å². The van der Waals surface area contributed by atoms with Gasteiger partial charge in [0.25, 0.3) is 0 Å². The van der Waals surface area contributed by atoms with E-state index in [0.717, 1.165) is 24.8 Å². The number of urea groups is 1. The van der Waals surface area contributed by atoms with Gasteiger partial charge in [0.2, 0.25) is 5.91 Å². The van der Waals surface area contributed by atoms with Gasteiger partial charge in [-0.1, -0.05) is 31.2 Å².